The fourth-order valence-corrected chi connectivity index (χ4v) is 3.37. The van der Waals surface area contributed by atoms with Crippen LogP contribution in [0.4, 0.5) is 5.69 Å². The lowest BCUT2D eigenvalue weighted by Gasteiger charge is -2.09. The highest BCUT2D eigenvalue weighted by atomic mass is 79.9. The number of rotatable bonds is 6. The van der Waals surface area contributed by atoms with E-state index < -0.39 is 10.0 Å². The Hall–Kier alpha value is -1.45. The molecule has 0 saturated carbocycles. The zero-order chi connectivity index (χ0) is 14.6. The molecular formula is C11H14BrN5O2S. The number of halogens is 1. The number of hydrogen-bond acceptors (Lipinski definition) is 5. The van der Waals surface area contributed by atoms with E-state index in [0.29, 0.717) is 23.9 Å². The van der Waals surface area contributed by atoms with Crippen LogP contribution in [0.25, 0.3) is 0 Å². The maximum absolute atomic E-state index is 12.1. The van der Waals surface area contributed by atoms with Crippen molar-refractivity contribution in [3.05, 3.63) is 34.8 Å². The lowest BCUT2D eigenvalue weighted by atomic mass is 10.3. The van der Waals surface area contributed by atoms with E-state index in [4.69, 9.17) is 5.73 Å². The lowest BCUT2D eigenvalue weighted by molar-refractivity contribution is 0.578. The van der Waals surface area contributed by atoms with Gasteiger partial charge in [0, 0.05) is 17.4 Å². The fraction of sp³-hybridized carbons (Fsp3) is 0.273. The number of aromatic amines is 1. The zero-order valence-corrected chi connectivity index (χ0v) is 12.9. The second-order valence-electron chi connectivity index (χ2n) is 4.12. The first-order valence-electron chi connectivity index (χ1n) is 5.88. The van der Waals surface area contributed by atoms with E-state index in [1.54, 1.807) is 12.1 Å². The summed E-state index contributed by atoms with van der Waals surface area (Å²) in [5.41, 5.74) is 5.91. The summed E-state index contributed by atoms with van der Waals surface area (Å²) in [6.45, 7) is 0.301. The Morgan fingerprint density at radius 3 is 2.90 bits per heavy atom. The molecule has 0 amide bonds. The van der Waals surface area contributed by atoms with Crippen LogP contribution in [-0.4, -0.2) is 30.1 Å². The first-order valence-corrected chi connectivity index (χ1v) is 8.15. The number of nitrogens with two attached hydrogens (primary N) is 1. The molecule has 1 aromatic heterocycles. The van der Waals surface area contributed by atoms with Crippen LogP contribution in [0.1, 0.15) is 12.2 Å². The molecule has 2 aromatic rings. The van der Waals surface area contributed by atoms with Gasteiger partial charge in [-0.15, -0.1) is 0 Å². The minimum absolute atomic E-state index is 0.0755. The number of H-pyrrole nitrogens is 1. The van der Waals surface area contributed by atoms with Crippen molar-refractivity contribution in [1.29, 1.82) is 0 Å². The molecule has 0 aliphatic rings. The highest BCUT2D eigenvalue weighted by Gasteiger charge is 2.17. The van der Waals surface area contributed by atoms with Crippen LogP contribution in [0.15, 0.2) is 33.9 Å². The molecule has 0 fully saturated rings. The van der Waals surface area contributed by atoms with E-state index in [1.165, 1.54) is 12.4 Å². The third-order valence-corrected chi connectivity index (χ3v) is 4.62. The van der Waals surface area contributed by atoms with Crippen molar-refractivity contribution >= 4 is 31.6 Å². The van der Waals surface area contributed by atoms with Gasteiger partial charge in [0.05, 0.1) is 5.69 Å². The largest absolute Gasteiger partial charge is 0.398 e. The number of aryl methyl sites for hydroxylation is 1. The summed E-state index contributed by atoms with van der Waals surface area (Å²) in [5.74, 6) is 0.728. The van der Waals surface area contributed by atoms with Crippen LogP contribution in [0.5, 0.6) is 0 Å². The zero-order valence-electron chi connectivity index (χ0n) is 10.5. The molecule has 108 valence electrons. The quantitative estimate of drug-likeness (QED) is 0.527. The summed E-state index contributed by atoms with van der Waals surface area (Å²) in [6, 6.07) is 4.72. The van der Waals surface area contributed by atoms with Crippen LogP contribution < -0.4 is 10.5 Å². The van der Waals surface area contributed by atoms with Crippen LogP contribution in [0, 0.1) is 0 Å². The number of nitrogens with one attached hydrogen (secondary N) is 2. The van der Waals surface area contributed by atoms with Crippen molar-refractivity contribution in [2.75, 3.05) is 12.3 Å². The average Bonchev–Trinajstić information content (AvgIpc) is 2.90. The third-order valence-electron chi connectivity index (χ3n) is 2.61. The van der Waals surface area contributed by atoms with E-state index in [1.807, 2.05) is 0 Å². The monoisotopic (exact) mass is 359 g/mol. The Morgan fingerprint density at radius 1 is 1.40 bits per heavy atom. The predicted molar refractivity (Wildman–Crippen MR) is 78.4 cm³/mol. The Bertz CT molecular complexity index is 672. The molecule has 4 N–H and O–H groups in total. The van der Waals surface area contributed by atoms with Crippen LogP contribution >= 0.6 is 15.9 Å². The van der Waals surface area contributed by atoms with E-state index >= 15 is 0 Å². The number of benzene rings is 1. The predicted octanol–water partition coefficient (Wildman–Crippen LogP) is 1.06. The van der Waals surface area contributed by atoms with E-state index in [-0.39, 0.29) is 10.6 Å². The summed E-state index contributed by atoms with van der Waals surface area (Å²) in [4.78, 5) is 4.04. The molecule has 2 rings (SSSR count). The molecule has 1 heterocycles. The van der Waals surface area contributed by atoms with Crippen LogP contribution in [0.3, 0.4) is 0 Å². The Kier molecular flexibility index (Phi) is 4.73. The van der Waals surface area contributed by atoms with Gasteiger partial charge in [-0.3, -0.25) is 5.10 Å². The molecule has 9 heteroatoms. The van der Waals surface area contributed by atoms with Crippen LogP contribution in [-0.2, 0) is 16.4 Å². The number of aromatic nitrogens is 3. The van der Waals surface area contributed by atoms with Crippen LogP contribution in [0.2, 0.25) is 0 Å². The first kappa shape index (κ1) is 14.9. The van der Waals surface area contributed by atoms with Crippen molar-refractivity contribution in [2.24, 2.45) is 0 Å². The molecule has 7 nitrogen and oxygen atoms in total. The van der Waals surface area contributed by atoms with Gasteiger partial charge in [0.15, 0.2) is 0 Å². The van der Waals surface area contributed by atoms with E-state index in [0.717, 1.165) is 5.82 Å². The van der Waals surface area contributed by atoms with Gasteiger partial charge in [0.1, 0.15) is 17.0 Å². The van der Waals surface area contributed by atoms with Gasteiger partial charge in [-0.1, -0.05) is 15.9 Å². The number of hydrogen-bond donors (Lipinski definition) is 3. The molecule has 0 radical (unpaired) electrons. The number of nitrogen functional groups attached to an aromatic ring is 1. The second kappa shape index (κ2) is 6.33. The Balaban J connectivity index is 1.95. The second-order valence-corrected chi connectivity index (χ2v) is 6.77. The Labute approximate surface area is 125 Å². The van der Waals surface area contributed by atoms with Gasteiger partial charge in [-0.05, 0) is 24.6 Å². The normalized spacial score (nSPS) is 11.7. The molecule has 0 aliphatic heterocycles. The molecular weight excluding hydrogens is 346 g/mol. The molecule has 1 aromatic carbocycles. The number of sulfonamides is 1. The molecule has 0 atom stereocenters. The van der Waals surface area contributed by atoms with E-state index in [2.05, 4.69) is 35.8 Å². The maximum Gasteiger partial charge on any atom is 0.242 e. The molecule has 0 bridgehead atoms. The summed E-state index contributed by atoms with van der Waals surface area (Å²) >= 11 is 3.23. The van der Waals surface area contributed by atoms with Gasteiger partial charge in [0.2, 0.25) is 10.0 Å². The summed E-state index contributed by atoms with van der Waals surface area (Å²) < 4.78 is 27.4. The summed E-state index contributed by atoms with van der Waals surface area (Å²) in [5, 5.41) is 6.44. The standard InChI is InChI=1S/C11H14BrN5O2S/c12-8-3-4-9(13)10(6-8)20(18,19)16-5-1-2-11-14-7-15-17-11/h3-4,6-7,16H,1-2,5,13H2,(H,14,15,17). The minimum atomic E-state index is -3.61. The molecule has 0 saturated heterocycles. The smallest absolute Gasteiger partial charge is 0.242 e. The summed E-state index contributed by atoms with van der Waals surface area (Å²) in [6.07, 6.45) is 2.65. The molecule has 20 heavy (non-hydrogen) atoms. The van der Waals surface area contributed by atoms with E-state index in [9.17, 15) is 8.42 Å². The summed E-state index contributed by atoms with van der Waals surface area (Å²) in [7, 11) is -3.61. The third kappa shape index (κ3) is 3.78. The van der Waals surface area contributed by atoms with Gasteiger partial charge in [-0.2, -0.15) is 5.10 Å². The van der Waals surface area contributed by atoms with Crippen molar-refractivity contribution < 1.29 is 8.42 Å². The maximum atomic E-state index is 12.1. The number of anilines is 1. The van der Waals surface area contributed by atoms with Crippen molar-refractivity contribution in [2.45, 2.75) is 17.7 Å². The van der Waals surface area contributed by atoms with Crippen molar-refractivity contribution in [1.82, 2.24) is 19.9 Å². The van der Waals surface area contributed by atoms with Crippen molar-refractivity contribution in [3.63, 3.8) is 0 Å². The highest BCUT2D eigenvalue weighted by Crippen LogP contribution is 2.22. The molecule has 0 unspecified atom stereocenters. The van der Waals surface area contributed by atoms with Gasteiger partial charge in [0.25, 0.3) is 0 Å². The SMILES string of the molecule is Nc1ccc(Br)cc1S(=O)(=O)NCCCc1ncn[nH]1. The average molecular weight is 360 g/mol. The number of nitrogens with zero attached hydrogens (tertiary/aromatic N) is 2. The molecule has 0 aliphatic carbocycles. The highest BCUT2D eigenvalue weighted by molar-refractivity contribution is 9.10. The van der Waals surface area contributed by atoms with Gasteiger partial charge >= 0.3 is 0 Å². The fourth-order valence-electron chi connectivity index (χ4n) is 1.63. The van der Waals surface area contributed by atoms with Crippen molar-refractivity contribution in [3.8, 4) is 0 Å². The minimum Gasteiger partial charge on any atom is -0.398 e. The lowest BCUT2D eigenvalue weighted by Crippen LogP contribution is -2.26. The first-order chi connectivity index (χ1) is 9.49. The molecule has 0 spiro atoms. The van der Waals surface area contributed by atoms with Gasteiger partial charge in [-0.25, -0.2) is 18.1 Å². The van der Waals surface area contributed by atoms with Gasteiger partial charge < -0.3 is 5.73 Å². The Morgan fingerprint density at radius 2 is 2.20 bits per heavy atom. The topological polar surface area (TPSA) is 114 Å².